The Balaban J connectivity index is 1.50. The predicted octanol–water partition coefficient (Wildman–Crippen LogP) is 7.76. The number of para-hydroxylation sites is 1. The fourth-order valence-electron chi connectivity index (χ4n) is 6.24. The highest BCUT2D eigenvalue weighted by molar-refractivity contribution is 6.21. The van der Waals surface area contributed by atoms with Gasteiger partial charge < -0.3 is 14.3 Å². The van der Waals surface area contributed by atoms with Gasteiger partial charge in [0, 0.05) is 39.1 Å². The van der Waals surface area contributed by atoms with Gasteiger partial charge in [-0.25, -0.2) is 0 Å². The normalized spacial score (nSPS) is 20.7. The van der Waals surface area contributed by atoms with E-state index in [0.717, 1.165) is 29.7 Å². The summed E-state index contributed by atoms with van der Waals surface area (Å²) in [5, 5.41) is 3.78. The molecule has 3 aliphatic rings. The Hall–Kier alpha value is -3.98. The SMILES string of the molecule is C1=CC2c3c(ccc4[nH]c5ccc6c7c(oc6c5c34)C=CCC7)N(c3ccccc3)C2C=C1. The molecule has 0 spiro atoms. The Kier molecular flexibility index (Phi) is 3.35. The van der Waals surface area contributed by atoms with Crippen molar-refractivity contribution < 1.29 is 4.42 Å². The number of furan rings is 1. The highest BCUT2D eigenvalue weighted by Gasteiger charge is 2.39. The van der Waals surface area contributed by atoms with Crippen molar-refractivity contribution in [2.45, 2.75) is 24.8 Å². The molecule has 8 rings (SSSR count). The van der Waals surface area contributed by atoms with Crippen molar-refractivity contribution in [3.05, 3.63) is 102 Å². The van der Waals surface area contributed by atoms with Crippen molar-refractivity contribution in [2.75, 3.05) is 4.90 Å². The first-order valence-corrected chi connectivity index (χ1v) is 11.8. The van der Waals surface area contributed by atoms with E-state index >= 15 is 0 Å². The number of fused-ring (bicyclic) bond motifs is 11. The maximum Gasteiger partial charge on any atom is 0.145 e. The molecule has 0 amide bonds. The van der Waals surface area contributed by atoms with Gasteiger partial charge in [-0.1, -0.05) is 48.6 Å². The van der Waals surface area contributed by atoms with Gasteiger partial charge in [0.1, 0.15) is 11.3 Å². The van der Waals surface area contributed by atoms with E-state index in [1.54, 1.807) is 0 Å². The van der Waals surface area contributed by atoms with Crippen LogP contribution in [0.1, 0.15) is 29.2 Å². The molecule has 3 heteroatoms. The second-order valence-electron chi connectivity index (χ2n) is 9.29. The molecular formula is C30H22N2O. The van der Waals surface area contributed by atoms with Gasteiger partial charge in [-0.2, -0.15) is 0 Å². The summed E-state index contributed by atoms with van der Waals surface area (Å²) in [6.07, 6.45) is 15.6. The lowest BCUT2D eigenvalue weighted by Crippen LogP contribution is -2.28. The summed E-state index contributed by atoms with van der Waals surface area (Å²) in [5.74, 6) is 1.32. The lowest BCUT2D eigenvalue weighted by molar-refractivity contribution is 0.598. The largest absolute Gasteiger partial charge is 0.456 e. The predicted molar refractivity (Wildman–Crippen MR) is 136 cm³/mol. The standard InChI is InChI=1S/C30H22N2O/c1-2-8-18(9-3-1)32-24-12-6-4-11-21(24)27-25(32)17-16-22-28(27)29-23(31-22)15-14-20-19-10-5-7-13-26(19)33-30(20)29/h1-4,6-9,11-17,21,24,31H,5,10H2. The van der Waals surface area contributed by atoms with Gasteiger partial charge in [0.05, 0.1) is 16.9 Å². The molecule has 0 fully saturated rings. The number of nitrogens with one attached hydrogen (secondary N) is 1. The Morgan fingerprint density at radius 3 is 2.67 bits per heavy atom. The van der Waals surface area contributed by atoms with Crippen LogP contribution >= 0.6 is 0 Å². The second-order valence-corrected chi connectivity index (χ2v) is 9.29. The lowest BCUT2D eigenvalue weighted by atomic mass is 9.88. The molecule has 0 saturated heterocycles. The number of aryl methyl sites for hydroxylation is 1. The molecule has 158 valence electrons. The number of hydrogen-bond donors (Lipinski definition) is 1. The highest BCUT2D eigenvalue weighted by Crippen LogP contribution is 2.52. The molecule has 2 aromatic heterocycles. The van der Waals surface area contributed by atoms with E-state index in [0.29, 0.717) is 5.92 Å². The topological polar surface area (TPSA) is 32.2 Å². The van der Waals surface area contributed by atoms with Crippen LogP contribution in [0.5, 0.6) is 0 Å². The van der Waals surface area contributed by atoms with Crippen LogP contribution in [0.25, 0.3) is 38.9 Å². The van der Waals surface area contributed by atoms with Crippen molar-refractivity contribution in [2.24, 2.45) is 0 Å². The number of H-pyrrole nitrogens is 1. The number of rotatable bonds is 1. The van der Waals surface area contributed by atoms with Gasteiger partial charge in [0.2, 0.25) is 0 Å². The zero-order chi connectivity index (χ0) is 21.5. The Bertz CT molecular complexity index is 1680. The molecule has 3 aromatic carbocycles. The number of benzene rings is 3. The third-order valence-corrected chi connectivity index (χ3v) is 7.60. The van der Waals surface area contributed by atoms with Crippen LogP contribution < -0.4 is 4.90 Å². The third-order valence-electron chi connectivity index (χ3n) is 7.60. The summed E-state index contributed by atoms with van der Waals surface area (Å²) in [5.41, 5.74) is 8.60. The van der Waals surface area contributed by atoms with E-state index < -0.39 is 0 Å². The molecule has 0 radical (unpaired) electrons. The van der Waals surface area contributed by atoms with Crippen molar-refractivity contribution in [3.63, 3.8) is 0 Å². The number of aromatic nitrogens is 1. The number of nitrogens with zero attached hydrogens (tertiary/aromatic N) is 1. The first-order chi connectivity index (χ1) is 16.4. The molecule has 5 aromatic rings. The van der Waals surface area contributed by atoms with Crippen LogP contribution in [0, 0.1) is 0 Å². The summed E-state index contributed by atoms with van der Waals surface area (Å²) < 4.78 is 6.53. The van der Waals surface area contributed by atoms with Crippen LogP contribution in [0.2, 0.25) is 0 Å². The molecule has 0 saturated carbocycles. The van der Waals surface area contributed by atoms with Crippen LogP contribution in [-0.2, 0) is 6.42 Å². The smallest absolute Gasteiger partial charge is 0.145 e. The number of allylic oxidation sites excluding steroid dienone is 3. The fourth-order valence-corrected chi connectivity index (χ4v) is 6.24. The van der Waals surface area contributed by atoms with E-state index in [2.05, 4.69) is 101 Å². The first kappa shape index (κ1) is 17.6. The van der Waals surface area contributed by atoms with E-state index in [9.17, 15) is 0 Å². The van der Waals surface area contributed by atoms with Gasteiger partial charge in [-0.05, 0) is 60.9 Å². The van der Waals surface area contributed by atoms with Crippen LogP contribution in [0.4, 0.5) is 11.4 Å². The minimum Gasteiger partial charge on any atom is -0.456 e. The zero-order valence-electron chi connectivity index (χ0n) is 18.1. The van der Waals surface area contributed by atoms with Crippen LogP contribution in [0.3, 0.4) is 0 Å². The fraction of sp³-hybridized carbons (Fsp3) is 0.133. The molecule has 33 heavy (non-hydrogen) atoms. The Labute approximate surface area is 191 Å². The lowest BCUT2D eigenvalue weighted by Gasteiger charge is -2.28. The number of aromatic amines is 1. The number of hydrogen-bond acceptors (Lipinski definition) is 2. The molecule has 1 N–H and O–H groups in total. The molecule has 2 aliphatic carbocycles. The maximum atomic E-state index is 6.53. The summed E-state index contributed by atoms with van der Waals surface area (Å²) in [6, 6.07) is 20.0. The van der Waals surface area contributed by atoms with Crippen molar-refractivity contribution >= 4 is 50.2 Å². The number of anilines is 2. The molecule has 2 unspecified atom stereocenters. The minimum atomic E-state index is 0.273. The molecule has 0 bridgehead atoms. The maximum absolute atomic E-state index is 6.53. The van der Waals surface area contributed by atoms with E-state index in [1.165, 1.54) is 44.2 Å². The highest BCUT2D eigenvalue weighted by atomic mass is 16.3. The van der Waals surface area contributed by atoms with Crippen molar-refractivity contribution in [1.29, 1.82) is 0 Å². The molecule has 2 atom stereocenters. The van der Waals surface area contributed by atoms with Crippen molar-refractivity contribution in [3.8, 4) is 0 Å². The molecule has 1 aliphatic heterocycles. The summed E-state index contributed by atoms with van der Waals surface area (Å²) >= 11 is 0. The van der Waals surface area contributed by atoms with Gasteiger partial charge >= 0.3 is 0 Å². The van der Waals surface area contributed by atoms with E-state index in [4.69, 9.17) is 4.42 Å². The molecule has 3 heterocycles. The molecule has 3 nitrogen and oxygen atoms in total. The first-order valence-electron chi connectivity index (χ1n) is 11.8. The average molecular weight is 427 g/mol. The van der Waals surface area contributed by atoms with E-state index in [-0.39, 0.29) is 6.04 Å². The third kappa shape index (κ3) is 2.24. The second kappa shape index (κ2) is 6.29. The monoisotopic (exact) mass is 426 g/mol. The van der Waals surface area contributed by atoms with E-state index in [1.807, 2.05) is 0 Å². The van der Waals surface area contributed by atoms with Gasteiger partial charge in [0.25, 0.3) is 0 Å². The Morgan fingerprint density at radius 1 is 0.879 bits per heavy atom. The van der Waals surface area contributed by atoms with Gasteiger partial charge in [0.15, 0.2) is 0 Å². The van der Waals surface area contributed by atoms with Gasteiger partial charge in [-0.15, -0.1) is 0 Å². The molecular weight excluding hydrogens is 404 g/mol. The summed E-state index contributed by atoms with van der Waals surface area (Å²) in [7, 11) is 0. The zero-order valence-corrected chi connectivity index (χ0v) is 18.1. The summed E-state index contributed by atoms with van der Waals surface area (Å²) in [4.78, 5) is 6.19. The van der Waals surface area contributed by atoms with Crippen LogP contribution in [-0.4, -0.2) is 11.0 Å². The van der Waals surface area contributed by atoms with Crippen molar-refractivity contribution in [1.82, 2.24) is 4.98 Å². The van der Waals surface area contributed by atoms with Gasteiger partial charge in [-0.3, -0.25) is 0 Å². The minimum absolute atomic E-state index is 0.273. The van der Waals surface area contributed by atoms with Crippen LogP contribution in [0.15, 0.2) is 89.4 Å². The quantitative estimate of drug-likeness (QED) is 0.297. The average Bonchev–Trinajstić information content (AvgIpc) is 3.53. The summed E-state index contributed by atoms with van der Waals surface area (Å²) in [6.45, 7) is 0. The Morgan fingerprint density at radius 2 is 1.73 bits per heavy atom.